The Morgan fingerprint density at radius 3 is 2.42 bits per heavy atom. The molecule has 1 saturated heterocycles. The summed E-state index contributed by atoms with van der Waals surface area (Å²) in [5.41, 5.74) is 5.94. The number of likely N-dealkylation sites (tertiary alicyclic amines) is 1. The number of carbonyl (C=O) groups is 1. The van der Waals surface area contributed by atoms with Gasteiger partial charge in [-0.3, -0.25) is 9.89 Å². The topological polar surface area (TPSA) is 87.9 Å². The minimum atomic E-state index is -0.0742. The van der Waals surface area contributed by atoms with E-state index in [1.165, 1.54) is 32.1 Å². The van der Waals surface area contributed by atoms with Crippen molar-refractivity contribution in [2.75, 3.05) is 18.8 Å². The molecule has 1 aromatic rings. The van der Waals surface area contributed by atoms with Gasteiger partial charge in [0.1, 0.15) is 0 Å². The standard InChI is InChI=1S/C13H21N5O/c14-12-15-10(16-17-12)11(19)18-8-6-13(7-9-18)4-2-1-3-5-13/h1-9H2,(H3,14,15,16,17). The molecule has 0 aromatic carbocycles. The predicted octanol–water partition coefficient (Wildman–Crippen LogP) is 1.57. The highest BCUT2D eigenvalue weighted by Gasteiger charge is 2.37. The largest absolute Gasteiger partial charge is 0.366 e. The second-order valence-electron chi connectivity index (χ2n) is 5.90. The average Bonchev–Trinajstić information content (AvgIpc) is 2.87. The fraction of sp³-hybridized carbons (Fsp3) is 0.769. The van der Waals surface area contributed by atoms with E-state index in [1.54, 1.807) is 0 Å². The Labute approximate surface area is 112 Å². The van der Waals surface area contributed by atoms with Crippen LogP contribution in [0, 0.1) is 5.41 Å². The van der Waals surface area contributed by atoms with E-state index in [-0.39, 0.29) is 17.7 Å². The monoisotopic (exact) mass is 263 g/mol. The van der Waals surface area contributed by atoms with Crippen molar-refractivity contribution >= 4 is 11.9 Å². The third-order valence-electron chi connectivity index (χ3n) is 4.73. The second-order valence-corrected chi connectivity index (χ2v) is 5.90. The van der Waals surface area contributed by atoms with Gasteiger partial charge in [-0.1, -0.05) is 19.3 Å². The molecule has 3 rings (SSSR count). The van der Waals surface area contributed by atoms with Crippen LogP contribution in [0.3, 0.4) is 0 Å². The number of piperidine rings is 1. The summed E-state index contributed by atoms with van der Waals surface area (Å²) >= 11 is 0. The van der Waals surface area contributed by atoms with E-state index < -0.39 is 0 Å². The summed E-state index contributed by atoms with van der Waals surface area (Å²) < 4.78 is 0. The summed E-state index contributed by atoms with van der Waals surface area (Å²) in [5.74, 6) is 0.316. The van der Waals surface area contributed by atoms with Gasteiger partial charge in [-0.05, 0) is 31.1 Å². The van der Waals surface area contributed by atoms with Crippen LogP contribution in [-0.4, -0.2) is 39.1 Å². The molecule has 0 radical (unpaired) electrons. The molecule has 2 fully saturated rings. The zero-order valence-electron chi connectivity index (χ0n) is 11.2. The molecule has 6 nitrogen and oxygen atoms in total. The minimum Gasteiger partial charge on any atom is -0.366 e. The minimum absolute atomic E-state index is 0.0742. The Bertz CT molecular complexity index is 453. The van der Waals surface area contributed by atoms with Gasteiger partial charge in [-0.2, -0.15) is 4.98 Å². The number of H-pyrrole nitrogens is 1. The van der Waals surface area contributed by atoms with E-state index in [4.69, 9.17) is 5.73 Å². The third kappa shape index (κ3) is 2.43. The van der Waals surface area contributed by atoms with E-state index >= 15 is 0 Å². The molecule has 1 amide bonds. The van der Waals surface area contributed by atoms with Crippen molar-refractivity contribution in [3.8, 4) is 0 Å². The van der Waals surface area contributed by atoms with Crippen molar-refractivity contribution in [1.82, 2.24) is 20.1 Å². The number of carbonyl (C=O) groups excluding carboxylic acids is 1. The van der Waals surface area contributed by atoms with Gasteiger partial charge in [0.05, 0.1) is 0 Å². The Kier molecular flexibility index (Phi) is 3.16. The molecular formula is C13H21N5O. The lowest BCUT2D eigenvalue weighted by atomic mass is 9.68. The molecule has 104 valence electrons. The second kappa shape index (κ2) is 4.83. The molecule has 1 spiro atoms. The van der Waals surface area contributed by atoms with Crippen LogP contribution in [0.15, 0.2) is 0 Å². The molecule has 1 aromatic heterocycles. The molecule has 19 heavy (non-hydrogen) atoms. The highest BCUT2D eigenvalue weighted by atomic mass is 16.2. The van der Waals surface area contributed by atoms with Crippen LogP contribution < -0.4 is 5.73 Å². The number of hydrogen-bond acceptors (Lipinski definition) is 4. The Morgan fingerprint density at radius 1 is 1.16 bits per heavy atom. The van der Waals surface area contributed by atoms with E-state index in [9.17, 15) is 4.79 Å². The van der Waals surface area contributed by atoms with E-state index in [0.29, 0.717) is 5.41 Å². The van der Waals surface area contributed by atoms with Crippen LogP contribution in [-0.2, 0) is 0 Å². The Morgan fingerprint density at radius 2 is 1.84 bits per heavy atom. The lowest BCUT2D eigenvalue weighted by Crippen LogP contribution is -2.44. The molecule has 2 heterocycles. The van der Waals surface area contributed by atoms with Gasteiger partial charge in [0, 0.05) is 13.1 Å². The molecule has 1 aliphatic carbocycles. The predicted molar refractivity (Wildman–Crippen MR) is 71.5 cm³/mol. The van der Waals surface area contributed by atoms with E-state index in [1.807, 2.05) is 4.90 Å². The molecule has 0 bridgehead atoms. The first-order valence-corrected chi connectivity index (χ1v) is 7.16. The number of nitrogens with two attached hydrogens (primary N) is 1. The normalized spacial score (nSPS) is 22.6. The summed E-state index contributed by atoms with van der Waals surface area (Å²) in [6, 6.07) is 0. The SMILES string of the molecule is Nc1n[nH]c(C(=O)N2CCC3(CCCCC3)CC2)n1. The summed E-state index contributed by atoms with van der Waals surface area (Å²) in [6.07, 6.45) is 9.01. The highest BCUT2D eigenvalue weighted by Crippen LogP contribution is 2.44. The van der Waals surface area contributed by atoms with Gasteiger partial charge in [0.25, 0.3) is 5.91 Å². The van der Waals surface area contributed by atoms with E-state index in [2.05, 4.69) is 15.2 Å². The van der Waals surface area contributed by atoms with E-state index in [0.717, 1.165) is 25.9 Å². The van der Waals surface area contributed by atoms with Gasteiger partial charge in [0.15, 0.2) is 0 Å². The van der Waals surface area contributed by atoms with Crippen molar-refractivity contribution in [3.63, 3.8) is 0 Å². The van der Waals surface area contributed by atoms with Crippen molar-refractivity contribution in [2.24, 2.45) is 5.41 Å². The third-order valence-corrected chi connectivity index (χ3v) is 4.73. The zero-order valence-corrected chi connectivity index (χ0v) is 11.2. The van der Waals surface area contributed by atoms with Crippen LogP contribution in [0.5, 0.6) is 0 Å². The first-order valence-electron chi connectivity index (χ1n) is 7.16. The average molecular weight is 263 g/mol. The molecule has 0 atom stereocenters. The van der Waals surface area contributed by atoms with Crippen molar-refractivity contribution in [2.45, 2.75) is 44.9 Å². The molecule has 3 N–H and O–H groups in total. The van der Waals surface area contributed by atoms with Crippen LogP contribution in [0.1, 0.15) is 55.6 Å². The Hall–Kier alpha value is -1.59. The van der Waals surface area contributed by atoms with Crippen molar-refractivity contribution in [3.05, 3.63) is 5.82 Å². The quantitative estimate of drug-likeness (QED) is 0.805. The Balaban J connectivity index is 1.62. The smallest absolute Gasteiger partial charge is 0.291 e. The number of amides is 1. The van der Waals surface area contributed by atoms with Crippen LogP contribution in [0.25, 0.3) is 0 Å². The lowest BCUT2D eigenvalue weighted by molar-refractivity contribution is 0.0462. The fourth-order valence-electron chi connectivity index (χ4n) is 3.51. The number of rotatable bonds is 1. The van der Waals surface area contributed by atoms with Gasteiger partial charge < -0.3 is 10.6 Å². The van der Waals surface area contributed by atoms with Crippen LogP contribution >= 0.6 is 0 Å². The maximum Gasteiger partial charge on any atom is 0.291 e. The molecule has 0 unspecified atom stereocenters. The first kappa shape index (κ1) is 12.4. The van der Waals surface area contributed by atoms with Crippen LogP contribution in [0.2, 0.25) is 0 Å². The van der Waals surface area contributed by atoms with Gasteiger partial charge in [0.2, 0.25) is 11.8 Å². The number of nitrogen functional groups attached to an aromatic ring is 1. The number of hydrogen-bond donors (Lipinski definition) is 2. The summed E-state index contributed by atoms with van der Waals surface area (Å²) in [6.45, 7) is 1.67. The molecular weight excluding hydrogens is 242 g/mol. The summed E-state index contributed by atoms with van der Waals surface area (Å²) in [5, 5.41) is 6.31. The number of aromatic nitrogens is 3. The molecule has 1 aliphatic heterocycles. The molecule has 6 heteroatoms. The number of nitrogens with zero attached hydrogens (tertiary/aromatic N) is 3. The number of nitrogens with one attached hydrogen (secondary N) is 1. The molecule has 1 saturated carbocycles. The molecule has 2 aliphatic rings. The maximum atomic E-state index is 12.2. The van der Waals surface area contributed by atoms with Gasteiger partial charge >= 0.3 is 0 Å². The summed E-state index contributed by atoms with van der Waals surface area (Å²) in [7, 11) is 0. The fourth-order valence-corrected chi connectivity index (χ4v) is 3.51. The van der Waals surface area contributed by atoms with Gasteiger partial charge in [-0.15, -0.1) is 5.10 Å². The summed E-state index contributed by atoms with van der Waals surface area (Å²) in [4.78, 5) is 18.0. The highest BCUT2D eigenvalue weighted by molar-refractivity contribution is 5.90. The first-order chi connectivity index (χ1) is 9.19. The zero-order chi connectivity index (χ0) is 13.3. The van der Waals surface area contributed by atoms with Crippen LogP contribution in [0.4, 0.5) is 5.95 Å². The van der Waals surface area contributed by atoms with Crippen molar-refractivity contribution in [1.29, 1.82) is 0 Å². The number of aromatic amines is 1. The van der Waals surface area contributed by atoms with Gasteiger partial charge in [-0.25, -0.2) is 0 Å². The maximum absolute atomic E-state index is 12.2. The van der Waals surface area contributed by atoms with Crippen molar-refractivity contribution < 1.29 is 4.79 Å². The number of anilines is 1. The lowest BCUT2D eigenvalue weighted by Gasteiger charge is -2.44.